The number of carboxylic acid groups (broad SMARTS) is 2. The maximum absolute atomic E-state index is 9.10. The van der Waals surface area contributed by atoms with E-state index in [0.29, 0.717) is 0 Å². The van der Waals surface area contributed by atoms with E-state index in [1.54, 1.807) is 14.2 Å². The number of aromatic nitrogens is 1. The highest BCUT2D eigenvalue weighted by molar-refractivity contribution is 6.27. The molecule has 0 atom stereocenters. The molecule has 8 heteroatoms. The lowest BCUT2D eigenvalue weighted by Crippen LogP contribution is -2.16. The standard InChI is InChI=1S/C19H22N2O2.C2H2O4/c1-22-16-9-14(10-17(11-16)23-2)12-20-8-7-15-13-21-19-6-4-3-5-18(15)19;3-1(4)2(5)6/h3-6,9-11,13,20-21H,7-8,12H2,1-2H3;(H,3,4)(H,5,6). The number of nitrogens with one attached hydrogen (secondary N) is 2. The van der Waals surface area contributed by atoms with Gasteiger partial charge < -0.3 is 30.0 Å². The number of para-hydroxylation sites is 1. The topological polar surface area (TPSA) is 121 Å². The molecule has 0 saturated heterocycles. The van der Waals surface area contributed by atoms with Gasteiger partial charge in [-0.2, -0.15) is 0 Å². The third-order valence-corrected chi connectivity index (χ3v) is 4.17. The fraction of sp³-hybridized carbons (Fsp3) is 0.238. The second-order valence-electron chi connectivity index (χ2n) is 6.12. The summed E-state index contributed by atoms with van der Waals surface area (Å²) in [6, 6.07) is 14.3. The van der Waals surface area contributed by atoms with E-state index in [-0.39, 0.29) is 0 Å². The summed E-state index contributed by atoms with van der Waals surface area (Å²) in [5.74, 6) is -2.01. The van der Waals surface area contributed by atoms with Gasteiger partial charge in [0, 0.05) is 29.7 Å². The molecule has 0 amide bonds. The molecule has 1 heterocycles. The molecule has 0 fully saturated rings. The molecule has 4 N–H and O–H groups in total. The van der Waals surface area contributed by atoms with Gasteiger partial charge in [0.2, 0.25) is 0 Å². The summed E-state index contributed by atoms with van der Waals surface area (Å²) in [4.78, 5) is 21.5. The molecule has 3 rings (SSSR count). The van der Waals surface area contributed by atoms with Crippen molar-refractivity contribution in [1.82, 2.24) is 10.3 Å². The largest absolute Gasteiger partial charge is 0.497 e. The number of H-pyrrole nitrogens is 1. The normalized spacial score (nSPS) is 10.1. The summed E-state index contributed by atoms with van der Waals surface area (Å²) in [6.45, 7) is 1.71. The lowest BCUT2D eigenvalue weighted by molar-refractivity contribution is -0.159. The van der Waals surface area contributed by atoms with Gasteiger partial charge in [-0.1, -0.05) is 18.2 Å². The van der Waals surface area contributed by atoms with Crippen LogP contribution in [0, 0.1) is 0 Å². The maximum Gasteiger partial charge on any atom is 0.414 e. The van der Waals surface area contributed by atoms with Gasteiger partial charge in [-0.15, -0.1) is 0 Å². The zero-order valence-corrected chi connectivity index (χ0v) is 16.3. The zero-order valence-electron chi connectivity index (χ0n) is 16.3. The smallest absolute Gasteiger partial charge is 0.414 e. The number of aliphatic carboxylic acids is 2. The maximum atomic E-state index is 9.10. The van der Waals surface area contributed by atoms with Gasteiger partial charge in [0.25, 0.3) is 0 Å². The summed E-state index contributed by atoms with van der Waals surface area (Å²) in [5.41, 5.74) is 3.69. The van der Waals surface area contributed by atoms with E-state index in [4.69, 9.17) is 29.3 Å². The van der Waals surface area contributed by atoms with Crippen LogP contribution in [0.1, 0.15) is 11.1 Å². The Morgan fingerprint density at radius 3 is 2.21 bits per heavy atom. The minimum atomic E-state index is -1.82. The molecular weight excluding hydrogens is 376 g/mol. The first kappa shape index (κ1) is 21.8. The van der Waals surface area contributed by atoms with Crippen molar-refractivity contribution in [2.24, 2.45) is 0 Å². The number of rotatable bonds is 7. The lowest BCUT2D eigenvalue weighted by atomic mass is 10.1. The molecule has 154 valence electrons. The molecule has 0 aliphatic heterocycles. The number of carboxylic acids is 2. The number of methoxy groups -OCH3 is 2. The van der Waals surface area contributed by atoms with Gasteiger partial charge in [0.05, 0.1) is 14.2 Å². The number of carbonyl (C=O) groups is 2. The third kappa shape index (κ3) is 6.54. The van der Waals surface area contributed by atoms with Crippen LogP contribution < -0.4 is 14.8 Å². The van der Waals surface area contributed by atoms with Crippen LogP contribution >= 0.6 is 0 Å². The monoisotopic (exact) mass is 400 g/mol. The molecule has 0 unspecified atom stereocenters. The molecule has 3 aromatic rings. The summed E-state index contributed by atoms with van der Waals surface area (Å²) in [5, 5.41) is 19.6. The van der Waals surface area contributed by atoms with Gasteiger partial charge in [-0.05, 0) is 42.3 Å². The molecule has 29 heavy (non-hydrogen) atoms. The summed E-state index contributed by atoms with van der Waals surface area (Å²) in [6.07, 6.45) is 3.09. The number of hydrogen-bond acceptors (Lipinski definition) is 5. The van der Waals surface area contributed by atoms with Crippen molar-refractivity contribution in [3.8, 4) is 11.5 Å². The number of benzene rings is 2. The van der Waals surface area contributed by atoms with Crippen molar-refractivity contribution in [1.29, 1.82) is 0 Å². The Bertz CT molecular complexity index is 932. The van der Waals surface area contributed by atoms with Crippen LogP contribution in [0.2, 0.25) is 0 Å². The summed E-state index contributed by atoms with van der Waals surface area (Å²) in [7, 11) is 3.34. The molecule has 1 aromatic heterocycles. The highest BCUT2D eigenvalue weighted by Crippen LogP contribution is 2.22. The highest BCUT2D eigenvalue weighted by atomic mass is 16.5. The van der Waals surface area contributed by atoms with Gasteiger partial charge in [-0.25, -0.2) is 9.59 Å². The van der Waals surface area contributed by atoms with Crippen molar-refractivity contribution in [2.45, 2.75) is 13.0 Å². The van der Waals surface area contributed by atoms with E-state index in [2.05, 4.69) is 40.8 Å². The lowest BCUT2D eigenvalue weighted by Gasteiger charge is -2.09. The van der Waals surface area contributed by atoms with Gasteiger partial charge in [0.15, 0.2) is 0 Å². The molecule has 8 nitrogen and oxygen atoms in total. The van der Waals surface area contributed by atoms with Crippen molar-refractivity contribution < 1.29 is 29.3 Å². The van der Waals surface area contributed by atoms with Crippen LogP contribution in [0.4, 0.5) is 0 Å². The van der Waals surface area contributed by atoms with Gasteiger partial charge in [0.1, 0.15) is 11.5 Å². The second-order valence-corrected chi connectivity index (χ2v) is 6.12. The Morgan fingerprint density at radius 2 is 1.62 bits per heavy atom. The average Bonchev–Trinajstić information content (AvgIpc) is 3.14. The van der Waals surface area contributed by atoms with Crippen LogP contribution in [0.3, 0.4) is 0 Å². The van der Waals surface area contributed by atoms with E-state index in [9.17, 15) is 0 Å². The predicted molar refractivity (Wildman–Crippen MR) is 109 cm³/mol. The Balaban J connectivity index is 0.000000438. The van der Waals surface area contributed by atoms with E-state index in [1.165, 1.54) is 16.5 Å². The molecule has 0 radical (unpaired) electrons. The van der Waals surface area contributed by atoms with Crippen molar-refractivity contribution in [2.75, 3.05) is 20.8 Å². The van der Waals surface area contributed by atoms with Gasteiger partial charge >= 0.3 is 11.9 Å². The minimum Gasteiger partial charge on any atom is -0.497 e. The number of ether oxygens (including phenoxy) is 2. The Kier molecular flexibility index (Phi) is 8.05. The fourth-order valence-corrected chi connectivity index (χ4v) is 2.76. The Labute approximate surface area is 168 Å². The molecule has 2 aromatic carbocycles. The van der Waals surface area contributed by atoms with Crippen LogP contribution in [0.25, 0.3) is 10.9 Å². The van der Waals surface area contributed by atoms with E-state index >= 15 is 0 Å². The first-order valence-electron chi connectivity index (χ1n) is 8.88. The van der Waals surface area contributed by atoms with Crippen molar-refractivity contribution in [3.05, 3.63) is 59.8 Å². The zero-order chi connectivity index (χ0) is 21.2. The highest BCUT2D eigenvalue weighted by Gasteiger charge is 2.05. The summed E-state index contributed by atoms with van der Waals surface area (Å²) >= 11 is 0. The first-order valence-corrected chi connectivity index (χ1v) is 8.88. The van der Waals surface area contributed by atoms with E-state index in [0.717, 1.165) is 36.6 Å². The number of hydrogen-bond donors (Lipinski definition) is 4. The second kappa shape index (κ2) is 10.7. The SMILES string of the molecule is COc1cc(CNCCc2c[nH]c3ccccc23)cc(OC)c1.O=C(O)C(=O)O. The van der Waals surface area contributed by atoms with Crippen LogP contribution in [0.5, 0.6) is 11.5 Å². The fourth-order valence-electron chi connectivity index (χ4n) is 2.76. The predicted octanol–water partition coefficient (Wildman–Crippen LogP) is 2.67. The van der Waals surface area contributed by atoms with Crippen molar-refractivity contribution in [3.63, 3.8) is 0 Å². The van der Waals surface area contributed by atoms with Gasteiger partial charge in [-0.3, -0.25) is 0 Å². The number of aromatic amines is 1. The molecule has 0 spiro atoms. The summed E-state index contributed by atoms with van der Waals surface area (Å²) < 4.78 is 10.6. The Hall–Kier alpha value is -3.52. The average molecular weight is 400 g/mol. The molecule has 0 bridgehead atoms. The van der Waals surface area contributed by atoms with Crippen molar-refractivity contribution >= 4 is 22.8 Å². The third-order valence-electron chi connectivity index (χ3n) is 4.17. The molecule has 0 aliphatic rings. The van der Waals surface area contributed by atoms with Crippen LogP contribution in [-0.4, -0.2) is 47.9 Å². The minimum absolute atomic E-state index is 0.788. The molecule has 0 saturated carbocycles. The first-order chi connectivity index (χ1) is 13.9. The van der Waals surface area contributed by atoms with Crippen LogP contribution in [0.15, 0.2) is 48.7 Å². The molecular formula is C21H24N2O6. The quantitative estimate of drug-likeness (QED) is 0.355. The van der Waals surface area contributed by atoms with E-state index < -0.39 is 11.9 Å². The van der Waals surface area contributed by atoms with E-state index in [1.807, 2.05) is 18.2 Å². The number of fused-ring (bicyclic) bond motifs is 1. The Morgan fingerprint density at radius 1 is 1.00 bits per heavy atom. The van der Waals surface area contributed by atoms with Crippen LogP contribution in [-0.2, 0) is 22.6 Å². The molecule has 0 aliphatic carbocycles.